The van der Waals surface area contributed by atoms with Gasteiger partial charge >= 0.3 is 6.09 Å². The molecular weight excluding hydrogens is 180 g/mol. The van der Waals surface area contributed by atoms with Crippen molar-refractivity contribution in [3.05, 3.63) is 12.7 Å². The van der Waals surface area contributed by atoms with Crippen molar-refractivity contribution in [3.8, 4) is 0 Å². The normalized spacial score (nSPS) is 8.08. The summed E-state index contributed by atoms with van der Waals surface area (Å²) in [6.07, 6.45) is 1.19. The standard InChI is InChI=1S/C7H14N2O2.ClH/c1-3-4-9-7(10)11-6-5-8-2;/h3,8H,1,4-6H2,2H3,(H,9,10);1H. The SMILES string of the molecule is C=CCNC(=O)OCCNC.Cl. The summed E-state index contributed by atoms with van der Waals surface area (Å²) in [6, 6.07) is 0. The predicted octanol–water partition coefficient (Wildman–Crippen LogP) is 0.540. The Morgan fingerprint density at radius 2 is 2.33 bits per heavy atom. The number of ether oxygens (including phenoxy) is 1. The predicted molar refractivity (Wildman–Crippen MR) is 50.7 cm³/mol. The molecule has 2 N–H and O–H groups in total. The molecule has 0 saturated carbocycles. The van der Waals surface area contributed by atoms with Gasteiger partial charge in [-0.1, -0.05) is 6.08 Å². The molecule has 0 saturated heterocycles. The van der Waals surface area contributed by atoms with Crippen LogP contribution >= 0.6 is 12.4 Å². The maximum atomic E-state index is 10.7. The van der Waals surface area contributed by atoms with Gasteiger partial charge < -0.3 is 15.4 Å². The third-order valence-electron chi connectivity index (χ3n) is 0.976. The molecule has 72 valence electrons. The molecule has 0 aliphatic heterocycles. The second-order valence-electron chi connectivity index (χ2n) is 1.91. The number of hydrogen-bond acceptors (Lipinski definition) is 3. The molecule has 0 spiro atoms. The Labute approximate surface area is 78.8 Å². The molecule has 5 heteroatoms. The minimum absolute atomic E-state index is 0. The van der Waals surface area contributed by atoms with E-state index in [0.29, 0.717) is 19.7 Å². The van der Waals surface area contributed by atoms with Crippen LogP contribution in [0.25, 0.3) is 0 Å². The summed E-state index contributed by atoms with van der Waals surface area (Å²) >= 11 is 0. The zero-order chi connectivity index (χ0) is 8.53. The highest BCUT2D eigenvalue weighted by molar-refractivity contribution is 5.85. The van der Waals surface area contributed by atoms with Gasteiger partial charge in [0.25, 0.3) is 0 Å². The van der Waals surface area contributed by atoms with Crippen molar-refractivity contribution in [2.45, 2.75) is 0 Å². The second kappa shape index (κ2) is 10.3. The molecule has 4 nitrogen and oxygen atoms in total. The van der Waals surface area contributed by atoms with Crippen LogP contribution in [0.1, 0.15) is 0 Å². The molecule has 0 heterocycles. The molecule has 0 radical (unpaired) electrons. The van der Waals surface area contributed by atoms with E-state index in [0.717, 1.165) is 0 Å². The van der Waals surface area contributed by atoms with Crippen molar-refractivity contribution in [1.29, 1.82) is 0 Å². The number of alkyl carbamates (subject to hydrolysis) is 1. The van der Waals surface area contributed by atoms with Crippen molar-refractivity contribution in [2.24, 2.45) is 0 Å². The summed E-state index contributed by atoms with van der Waals surface area (Å²) in [4.78, 5) is 10.7. The fraction of sp³-hybridized carbons (Fsp3) is 0.571. The number of likely N-dealkylation sites (N-methyl/N-ethyl adjacent to an activating group) is 1. The highest BCUT2D eigenvalue weighted by Crippen LogP contribution is 1.75. The van der Waals surface area contributed by atoms with Crippen LogP contribution in [0.2, 0.25) is 0 Å². The monoisotopic (exact) mass is 194 g/mol. The summed E-state index contributed by atoms with van der Waals surface area (Å²) in [6.45, 7) is 4.95. The van der Waals surface area contributed by atoms with Gasteiger partial charge in [0.15, 0.2) is 0 Å². The molecule has 0 aromatic heterocycles. The van der Waals surface area contributed by atoms with E-state index >= 15 is 0 Å². The molecule has 0 aromatic carbocycles. The third-order valence-corrected chi connectivity index (χ3v) is 0.976. The first kappa shape index (κ1) is 13.8. The molecule has 0 fully saturated rings. The Morgan fingerprint density at radius 3 is 2.83 bits per heavy atom. The summed E-state index contributed by atoms with van der Waals surface area (Å²) in [7, 11) is 1.80. The molecular formula is C7H15ClN2O2. The fourth-order valence-corrected chi connectivity index (χ4v) is 0.452. The molecule has 0 bridgehead atoms. The lowest BCUT2D eigenvalue weighted by Crippen LogP contribution is -2.27. The van der Waals surface area contributed by atoms with E-state index in [9.17, 15) is 4.79 Å². The first-order valence-corrected chi connectivity index (χ1v) is 3.47. The quantitative estimate of drug-likeness (QED) is 0.496. The zero-order valence-electron chi connectivity index (χ0n) is 7.13. The average Bonchev–Trinajstić information content (AvgIpc) is 2.01. The van der Waals surface area contributed by atoms with E-state index in [1.807, 2.05) is 0 Å². The molecule has 0 aliphatic rings. The maximum absolute atomic E-state index is 10.7. The molecule has 0 aromatic rings. The van der Waals surface area contributed by atoms with Crippen LogP contribution in [-0.4, -0.2) is 32.8 Å². The lowest BCUT2D eigenvalue weighted by atomic mass is 10.6. The summed E-state index contributed by atoms with van der Waals surface area (Å²) in [5, 5.41) is 5.34. The van der Waals surface area contributed by atoms with Crippen molar-refractivity contribution < 1.29 is 9.53 Å². The molecule has 0 unspecified atom stereocenters. The van der Waals surface area contributed by atoms with E-state index in [1.165, 1.54) is 0 Å². The Bertz CT molecular complexity index is 131. The first-order chi connectivity index (χ1) is 5.31. The topological polar surface area (TPSA) is 50.4 Å². The van der Waals surface area contributed by atoms with Crippen LogP contribution in [0, 0.1) is 0 Å². The average molecular weight is 195 g/mol. The van der Waals surface area contributed by atoms with Gasteiger partial charge in [0, 0.05) is 13.1 Å². The number of halogens is 1. The van der Waals surface area contributed by atoms with Crippen LogP contribution in [0.4, 0.5) is 4.79 Å². The van der Waals surface area contributed by atoms with Crippen LogP contribution in [0.15, 0.2) is 12.7 Å². The fourth-order valence-electron chi connectivity index (χ4n) is 0.452. The Kier molecular flexibility index (Phi) is 11.8. The van der Waals surface area contributed by atoms with Gasteiger partial charge in [-0.15, -0.1) is 19.0 Å². The second-order valence-corrected chi connectivity index (χ2v) is 1.91. The molecule has 0 rings (SSSR count). The van der Waals surface area contributed by atoms with E-state index in [2.05, 4.69) is 17.2 Å². The van der Waals surface area contributed by atoms with Crippen LogP contribution in [0.5, 0.6) is 0 Å². The molecule has 0 aliphatic carbocycles. The lowest BCUT2D eigenvalue weighted by molar-refractivity contribution is 0.148. The Hall–Kier alpha value is -0.740. The number of nitrogens with one attached hydrogen (secondary N) is 2. The minimum atomic E-state index is -0.403. The van der Waals surface area contributed by atoms with Gasteiger partial charge in [-0.05, 0) is 7.05 Å². The molecule has 12 heavy (non-hydrogen) atoms. The van der Waals surface area contributed by atoms with Gasteiger partial charge in [-0.25, -0.2) is 4.79 Å². The van der Waals surface area contributed by atoms with Gasteiger partial charge in [0.1, 0.15) is 6.61 Å². The Balaban J connectivity index is 0. The molecule has 0 atom stereocenters. The highest BCUT2D eigenvalue weighted by atomic mass is 35.5. The third kappa shape index (κ3) is 9.26. The number of rotatable bonds is 5. The van der Waals surface area contributed by atoms with Crippen molar-refractivity contribution in [1.82, 2.24) is 10.6 Å². The zero-order valence-corrected chi connectivity index (χ0v) is 7.95. The van der Waals surface area contributed by atoms with Crippen LogP contribution in [-0.2, 0) is 4.74 Å². The lowest BCUT2D eigenvalue weighted by Gasteiger charge is -2.03. The summed E-state index contributed by atoms with van der Waals surface area (Å²) in [5.41, 5.74) is 0. The number of amides is 1. The van der Waals surface area contributed by atoms with Gasteiger partial charge in [0.2, 0.25) is 0 Å². The summed E-state index contributed by atoms with van der Waals surface area (Å²) < 4.78 is 4.72. The van der Waals surface area contributed by atoms with E-state index in [-0.39, 0.29) is 12.4 Å². The maximum Gasteiger partial charge on any atom is 0.407 e. The first-order valence-electron chi connectivity index (χ1n) is 3.47. The minimum Gasteiger partial charge on any atom is -0.448 e. The van der Waals surface area contributed by atoms with Gasteiger partial charge in [-0.2, -0.15) is 0 Å². The Morgan fingerprint density at radius 1 is 1.67 bits per heavy atom. The van der Waals surface area contributed by atoms with E-state index in [1.54, 1.807) is 13.1 Å². The number of hydrogen-bond donors (Lipinski definition) is 2. The van der Waals surface area contributed by atoms with Gasteiger partial charge in [-0.3, -0.25) is 0 Å². The van der Waals surface area contributed by atoms with Crippen molar-refractivity contribution >= 4 is 18.5 Å². The van der Waals surface area contributed by atoms with Gasteiger partial charge in [0.05, 0.1) is 0 Å². The highest BCUT2D eigenvalue weighted by Gasteiger charge is 1.96. The largest absolute Gasteiger partial charge is 0.448 e. The van der Waals surface area contributed by atoms with Crippen molar-refractivity contribution in [3.63, 3.8) is 0 Å². The number of carbonyl (C=O) groups is 1. The van der Waals surface area contributed by atoms with Crippen LogP contribution < -0.4 is 10.6 Å². The van der Waals surface area contributed by atoms with E-state index in [4.69, 9.17) is 4.74 Å². The smallest absolute Gasteiger partial charge is 0.407 e. The molecule has 1 amide bonds. The van der Waals surface area contributed by atoms with E-state index < -0.39 is 6.09 Å². The van der Waals surface area contributed by atoms with Crippen molar-refractivity contribution in [2.75, 3.05) is 26.7 Å². The summed E-state index contributed by atoms with van der Waals surface area (Å²) in [5.74, 6) is 0. The number of carbonyl (C=O) groups excluding carboxylic acids is 1. The van der Waals surface area contributed by atoms with Crippen LogP contribution in [0.3, 0.4) is 0 Å².